The lowest BCUT2D eigenvalue weighted by atomic mass is 10.0. The van der Waals surface area contributed by atoms with Crippen molar-refractivity contribution in [3.05, 3.63) is 17.7 Å². The first-order chi connectivity index (χ1) is 8.20. The Morgan fingerprint density at radius 3 is 2.82 bits per heavy atom. The van der Waals surface area contributed by atoms with E-state index in [-0.39, 0.29) is 0 Å². The van der Waals surface area contributed by atoms with Crippen molar-refractivity contribution in [1.82, 2.24) is 0 Å². The van der Waals surface area contributed by atoms with Crippen LogP contribution in [0.2, 0.25) is 0 Å². The summed E-state index contributed by atoms with van der Waals surface area (Å²) in [6.07, 6.45) is 2.11. The molecule has 94 valence electrons. The van der Waals surface area contributed by atoms with Crippen LogP contribution < -0.4 is 16.2 Å². The van der Waals surface area contributed by atoms with Crippen LogP contribution in [-0.4, -0.2) is 19.7 Å². The number of ether oxygens (including phenoxy) is 2. The van der Waals surface area contributed by atoms with Crippen molar-refractivity contribution in [1.29, 1.82) is 0 Å². The van der Waals surface area contributed by atoms with E-state index in [1.54, 1.807) is 6.92 Å². The van der Waals surface area contributed by atoms with Crippen molar-refractivity contribution >= 4 is 17.8 Å². The minimum atomic E-state index is 0.431. The van der Waals surface area contributed by atoms with Crippen LogP contribution in [0.5, 0.6) is 5.75 Å². The standard InChI is InChI=1S/C9H12N2O.C3H6O2/c10-7-4-3-6-2-1-5-12-9(6)8(7)11;1-2-5-3-4/h3-4H,1-2,5,10-11H2;3H,2H2,1H3. The number of carbonyl (C=O) groups excluding carboxylic acids is 1. The highest BCUT2D eigenvalue weighted by Crippen LogP contribution is 2.34. The number of nitrogens with two attached hydrogens (primary N) is 2. The maximum atomic E-state index is 9.18. The van der Waals surface area contributed by atoms with E-state index in [1.807, 2.05) is 12.1 Å². The third kappa shape index (κ3) is 3.55. The predicted octanol–water partition coefficient (Wildman–Crippen LogP) is 1.36. The van der Waals surface area contributed by atoms with Crippen LogP contribution in [0.1, 0.15) is 18.9 Å². The van der Waals surface area contributed by atoms with E-state index in [1.165, 1.54) is 5.56 Å². The van der Waals surface area contributed by atoms with Crippen molar-refractivity contribution in [3.63, 3.8) is 0 Å². The largest absolute Gasteiger partial charge is 0.491 e. The minimum Gasteiger partial charge on any atom is -0.491 e. The van der Waals surface area contributed by atoms with Gasteiger partial charge >= 0.3 is 0 Å². The highest BCUT2D eigenvalue weighted by Gasteiger charge is 2.14. The zero-order chi connectivity index (χ0) is 12.7. The highest BCUT2D eigenvalue weighted by molar-refractivity contribution is 5.73. The Hall–Kier alpha value is -1.91. The summed E-state index contributed by atoms with van der Waals surface area (Å²) in [5.74, 6) is 0.793. The van der Waals surface area contributed by atoms with Gasteiger partial charge in [0.2, 0.25) is 0 Å². The molecular weight excluding hydrogens is 220 g/mol. The average molecular weight is 238 g/mol. The maximum Gasteiger partial charge on any atom is 0.293 e. The molecule has 2 rings (SSSR count). The van der Waals surface area contributed by atoms with Crippen molar-refractivity contribution in [2.75, 3.05) is 24.7 Å². The van der Waals surface area contributed by atoms with Crippen molar-refractivity contribution in [2.24, 2.45) is 0 Å². The molecule has 0 fully saturated rings. The lowest BCUT2D eigenvalue weighted by Gasteiger charge is -2.19. The van der Waals surface area contributed by atoms with Gasteiger partial charge in [0.1, 0.15) is 5.75 Å². The third-order valence-electron chi connectivity index (χ3n) is 2.38. The molecule has 0 aliphatic carbocycles. The third-order valence-corrected chi connectivity index (χ3v) is 2.38. The van der Waals surface area contributed by atoms with Crippen LogP contribution in [-0.2, 0) is 16.0 Å². The van der Waals surface area contributed by atoms with E-state index in [4.69, 9.17) is 16.2 Å². The fourth-order valence-electron chi connectivity index (χ4n) is 1.53. The molecule has 0 amide bonds. The first kappa shape index (κ1) is 13.2. The van der Waals surface area contributed by atoms with Gasteiger partial charge < -0.3 is 20.9 Å². The molecule has 1 aromatic rings. The summed E-state index contributed by atoms with van der Waals surface area (Å²) < 4.78 is 9.58. The van der Waals surface area contributed by atoms with Gasteiger partial charge in [-0.15, -0.1) is 0 Å². The molecule has 4 N–H and O–H groups in total. The molecule has 1 aliphatic rings. The van der Waals surface area contributed by atoms with Gasteiger partial charge in [0.15, 0.2) is 0 Å². The lowest BCUT2D eigenvalue weighted by molar-refractivity contribution is -0.128. The second-order valence-corrected chi connectivity index (χ2v) is 3.56. The van der Waals surface area contributed by atoms with Crippen molar-refractivity contribution in [3.8, 4) is 5.75 Å². The second-order valence-electron chi connectivity index (χ2n) is 3.56. The molecule has 0 spiro atoms. The van der Waals surface area contributed by atoms with Gasteiger partial charge in [0.05, 0.1) is 24.6 Å². The molecule has 5 nitrogen and oxygen atoms in total. The van der Waals surface area contributed by atoms with E-state index in [2.05, 4.69) is 4.74 Å². The average Bonchev–Trinajstić information content (AvgIpc) is 2.36. The molecule has 0 unspecified atom stereocenters. The fraction of sp³-hybridized carbons (Fsp3) is 0.417. The number of aryl methyl sites for hydroxylation is 1. The minimum absolute atomic E-state index is 0.431. The van der Waals surface area contributed by atoms with Gasteiger partial charge in [-0.3, -0.25) is 4.79 Å². The molecule has 0 bridgehead atoms. The van der Waals surface area contributed by atoms with Gasteiger partial charge in [-0.2, -0.15) is 0 Å². The van der Waals surface area contributed by atoms with Gasteiger partial charge in [-0.05, 0) is 31.4 Å². The van der Waals surface area contributed by atoms with Gasteiger partial charge in [0, 0.05) is 0 Å². The number of hydrogen-bond donors (Lipinski definition) is 2. The van der Waals surface area contributed by atoms with Crippen LogP contribution in [0.25, 0.3) is 0 Å². The number of hydrogen-bond acceptors (Lipinski definition) is 5. The molecule has 0 radical (unpaired) electrons. The van der Waals surface area contributed by atoms with E-state index in [0.717, 1.165) is 25.2 Å². The van der Waals surface area contributed by atoms with Gasteiger partial charge in [-0.25, -0.2) is 0 Å². The Morgan fingerprint density at radius 2 is 2.24 bits per heavy atom. The smallest absolute Gasteiger partial charge is 0.293 e. The van der Waals surface area contributed by atoms with E-state index in [9.17, 15) is 4.79 Å². The van der Waals surface area contributed by atoms with Crippen LogP contribution in [0.3, 0.4) is 0 Å². The number of benzene rings is 1. The Kier molecular flexibility index (Phi) is 5.13. The maximum absolute atomic E-state index is 9.18. The first-order valence-corrected chi connectivity index (χ1v) is 5.55. The topological polar surface area (TPSA) is 87.6 Å². The fourth-order valence-corrected chi connectivity index (χ4v) is 1.53. The Bertz CT molecular complexity index is 380. The molecule has 1 aromatic carbocycles. The molecule has 5 heteroatoms. The lowest BCUT2D eigenvalue weighted by Crippen LogP contribution is -2.11. The summed E-state index contributed by atoms with van der Waals surface area (Å²) in [6, 6.07) is 3.82. The summed E-state index contributed by atoms with van der Waals surface area (Å²) in [5, 5.41) is 0. The molecular formula is C12H18N2O3. The first-order valence-electron chi connectivity index (χ1n) is 5.55. The van der Waals surface area contributed by atoms with Crippen LogP contribution in [0.15, 0.2) is 12.1 Å². The van der Waals surface area contributed by atoms with Crippen LogP contribution in [0.4, 0.5) is 11.4 Å². The normalized spacial score (nSPS) is 12.5. The molecule has 0 saturated carbocycles. The highest BCUT2D eigenvalue weighted by atomic mass is 16.5. The number of nitrogen functional groups attached to an aromatic ring is 2. The molecule has 1 aliphatic heterocycles. The predicted molar refractivity (Wildman–Crippen MR) is 66.8 cm³/mol. The van der Waals surface area contributed by atoms with E-state index < -0.39 is 0 Å². The zero-order valence-electron chi connectivity index (χ0n) is 9.94. The van der Waals surface area contributed by atoms with Gasteiger partial charge in [0.25, 0.3) is 6.47 Å². The molecule has 0 saturated heterocycles. The van der Waals surface area contributed by atoms with E-state index in [0.29, 0.717) is 24.5 Å². The quantitative estimate of drug-likeness (QED) is 0.600. The van der Waals surface area contributed by atoms with Crippen LogP contribution in [0, 0.1) is 0 Å². The summed E-state index contributed by atoms with van der Waals surface area (Å²) >= 11 is 0. The molecule has 0 aromatic heterocycles. The second kappa shape index (κ2) is 6.62. The SMILES string of the molecule is CCOC=O.Nc1ccc2c(c1N)OCCC2. The summed E-state index contributed by atoms with van der Waals surface area (Å²) in [7, 11) is 0. The zero-order valence-corrected chi connectivity index (χ0v) is 9.94. The van der Waals surface area contributed by atoms with Crippen LogP contribution >= 0.6 is 0 Å². The van der Waals surface area contributed by atoms with E-state index >= 15 is 0 Å². The number of anilines is 2. The molecule has 17 heavy (non-hydrogen) atoms. The summed E-state index contributed by atoms with van der Waals surface area (Å²) in [5.41, 5.74) is 13.8. The number of fused-ring (bicyclic) bond motifs is 1. The molecule has 1 heterocycles. The number of rotatable bonds is 2. The van der Waals surface area contributed by atoms with Crippen molar-refractivity contribution in [2.45, 2.75) is 19.8 Å². The summed E-state index contributed by atoms with van der Waals surface area (Å²) in [4.78, 5) is 9.18. The number of carbonyl (C=O) groups is 1. The summed E-state index contributed by atoms with van der Waals surface area (Å²) in [6.45, 7) is 3.42. The molecule has 0 atom stereocenters. The Balaban J connectivity index is 0.000000249. The van der Waals surface area contributed by atoms with Crippen molar-refractivity contribution < 1.29 is 14.3 Å². The Labute approximate surface area is 101 Å². The monoisotopic (exact) mass is 238 g/mol. The van der Waals surface area contributed by atoms with Gasteiger partial charge in [-0.1, -0.05) is 6.07 Å². The Morgan fingerprint density at radius 1 is 1.47 bits per heavy atom.